The number of hydrogen-bond acceptors (Lipinski definition) is 13. The number of aryl methyl sites for hydroxylation is 3. The fourth-order valence-corrected chi connectivity index (χ4v) is 11.9. The number of nitrogens with zero attached hydrogens (tertiary/aromatic N) is 6. The Morgan fingerprint density at radius 1 is 0.511 bits per heavy atom. The zero-order chi connectivity index (χ0) is 67.6. The first-order valence-corrected chi connectivity index (χ1v) is 31.1. The Labute approximate surface area is 536 Å². The quantitative estimate of drug-likeness (QED) is 0.0356. The Balaban J connectivity index is 0.000000181. The molecule has 0 unspecified atom stereocenters. The van der Waals surface area contributed by atoms with Gasteiger partial charge in [0.1, 0.15) is 55.3 Å². The van der Waals surface area contributed by atoms with Gasteiger partial charge in [-0.1, -0.05) is 57.2 Å². The highest BCUT2D eigenvalue weighted by atomic mass is 32.2. The molecule has 3 aromatic heterocycles. The summed E-state index contributed by atoms with van der Waals surface area (Å²) in [6.45, 7) is -1.82. The summed E-state index contributed by atoms with van der Waals surface area (Å²) in [6, 6.07) is 40.8. The van der Waals surface area contributed by atoms with Crippen molar-refractivity contribution < 1.29 is 77.2 Å². The third-order valence-electron chi connectivity index (χ3n) is 14.5. The molecule has 0 saturated heterocycles. The van der Waals surface area contributed by atoms with E-state index in [9.17, 15) is 64.5 Å². The van der Waals surface area contributed by atoms with Gasteiger partial charge in [-0.05, 0) is 122 Å². The molecule has 19 nitrogen and oxygen atoms in total. The Morgan fingerprint density at radius 3 is 1.13 bits per heavy atom. The molecule has 10 rings (SSSR count). The molecule has 0 bridgehead atoms. The minimum atomic E-state index is -3.37. The predicted molar refractivity (Wildman–Crippen MR) is 340 cm³/mol. The summed E-state index contributed by atoms with van der Waals surface area (Å²) < 4.78 is 149. The summed E-state index contributed by atoms with van der Waals surface area (Å²) in [4.78, 5) is 23.4. The normalized spacial score (nSPS) is 11.9. The van der Waals surface area contributed by atoms with Crippen LogP contribution in [0.5, 0.6) is 17.2 Å². The van der Waals surface area contributed by atoms with E-state index in [-0.39, 0.29) is 35.7 Å². The van der Waals surface area contributed by atoms with Crippen LogP contribution in [0, 0.1) is 34.0 Å². The maximum absolute atomic E-state index is 12.7. The predicted octanol–water partition coefficient (Wildman–Crippen LogP) is 16.2. The molecule has 1 saturated carbocycles. The summed E-state index contributed by atoms with van der Waals surface area (Å²) in [5.74, 6) is 0.0721. The molecule has 492 valence electrons. The van der Waals surface area contributed by atoms with E-state index >= 15 is 0 Å². The lowest BCUT2D eigenvalue weighted by atomic mass is 10.1. The van der Waals surface area contributed by atoms with Crippen molar-refractivity contribution in [2.45, 2.75) is 97.6 Å². The number of carbonyl (C=O) groups is 2. The molecule has 27 heteroatoms. The second-order valence-corrected chi connectivity index (χ2v) is 22.9. The Kier molecular flexibility index (Phi) is 23.8. The van der Waals surface area contributed by atoms with E-state index in [0.717, 1.165) is 30.4 Å². The number of fused-ring (bicyclic) bond motifs is 3. The largest absolute Gasteiger partial charge is 0.447 e. The van der Waals surface area contributed by atoms with Crippen LogP contribution in [-0.2, 0) is 43.9 Å². The third kappa shape index (κ3) is 17.0. The zero-order valence-electron chi connectivity index (χ0n) is 51.2. The van der Waals surface area contributed by atoms with E-state index < -0.39 is 48.7 Å². The molecule has 0 spiro atoms. The number of carbonyl (C=O) groups excluding carboxylic acids is 2. The Bertz CT molecular complexity index is 4370. The number of ether oxygens (including phenoxy) is 6. The smallest absolute Gasteiger partial charge is 0.411 e. The summed E-state index contributed by atoms with van der Waals surface area (Å²) >= 11 is 0. The van der Waals surface area contributed by atoms with E-state index in [4.69, 9.17) is 9.47 Å². The summed E-state index contributed by atoms with van der Waals surface area (Å²) in [6.07, 6.45) is 2.27. The molecule has 9 aromatic rings. The SMILES string of the molecule is CCCn1c(-c2ccc(NC(=O)OCCF)cc2)c(C#N)c2ccc(OC(F)F)cc21.CCCn1c(-c2ccc(NC(=O)OCCOC)cc2)c(C#N)c2ccc(OC(F)F)cc21.CCCn1c(-c2ccc(NS(=O)(=O)C3CC3)cc2)c(C#N)c2ccc(OC(F)F)cc21. The monoisotopic (exact) mass is 1320 g/mol. The molecule has 0 atom stereocenters. The van der Waals surface area contributed by atoms with Crippen molar-refractivity contribution in [2.75, 3.05) is 49.0 Å². The van der Waals surface area contributed by atoms with E-state index in [2.05, 4.69) is 52.5 Å². The number of rotatable bonds is 25. The van der Waals surface area contributed by atoms with Crippen LogP contribution in [0.25, 0.3) is 66.5 Å². The number of sulfonamides is 1. The number of nitriles is 3. The van der Waals surface area contributed by atoms with E-state index in [1.807, 2.05) is 34.5 Å². The lowest BCUT2D eigenvalue weighted by molar-refractivity contribution is -0.0504. The first kappa shape index (κ1) is 69.5. The van der Waals surface area contributed by atoms with Crippen LogP contribution in [0.1, 0.15) is 69.6 Å². The van der Waals surface area contributed by atoms with E-state index in [0.29, 0.717) is 128 Å². The maximum Gasteiger partial charge on any atom is 0.411 e. The van der Waals surface area contributed by atoms with Gasteiger partial charge >= 0.3 is 32.0 Å². The van der Waals surface area contributed by atoms with E-state index in [1.54, 1.807) is 91.0 Å². The number of nitrogens with one attached hydrogen (secondary N) is 3. The van der Waals surface area contributed by atoms with Crippen LogP contribution < -0.4 is 29.6 Å². The Hall–Kier alpha value is -10.4. The van der Waals surface area contributed by atoms with Crippen LogP contribution in [0.3, 0.4) is 0 Å². The molecule has 94 heavy (non-hydrogen) atoms. The average Bonchev–Trinajstić information content (AvgIpc) is 1.62. The number of anilines is 3. The molecule has 3 N–H and O–H groups in total. The minimum absolute atomic E-state index is 0.0136. The van der Waals surface area contributed by atoms with Crippen molar-refractivity contribution in [2.24, 2.45) is 0 Å². The molecule has 1 aliphatic rings. The van der Waals surface area contributed by atoms with Gasteiger partial charge in [0.2, 0.25) is 10.0 Å². The van der Waals surface area contributed by atoms with Gasteiger partial charge in [-0.25, -0.2) is 22.4 Å². The number of methoxy groups -OCH3 is 1. The second kappa shape index (κ2) is 32.2. The lowest BCUT2D eigenvalue weighted by Crippen LogP contribution is -2.17. The van der Waals surface area contributed by atoms with Crippen LogP contribution >= 0.6 is 0 Å². The fraction of sp³-hybridized carbons (Fsp3) is 0.299. The first-order chi connectivity index (χ1) is 45.3. The highest BCUT2D eigenvalue weighted by Crippen LogP contribution is 2.40. The standard InChI is InChI=1S/C23H23F2N3O4.C22H20F3N3O3.C22H21F2N3O3S/c1-3-10-28-20-13-17(32-22(24)25)8-9-18(20)19(14-26)21(28)15-4-6-16(7-5-15)27-23(29)31-12-11-30-2;1-2-10-28-19-12-16(31-21(24)25)7-8-17(19)18(13-26)20(28)14-3-5-15(6-4-14)27-22(29)30-11-9-23;1-2-11-27-20-12-16(30-22(23)24)7-10-18(20)19(13-25)21(27)14-3-5-15(6-4-14)26-31(28,29)17-8-9-17/h4-9,13,22H,3,10-12H2,1-2H3,(H,27,29);3-8,12,21H,2,9-11H2,1H3,(H,27,29);3-7,10,12,17,22,26H,2,8-9,11H2,1H3. The molecule has 0 radical (unpaired) electrons. The first-order valence-electron chi connectivity index (χ1n) is 29.6. The van der Waals surface area contributed by atoms with Crippen LogP contribution in [0.15, 0.2) is 127 Å². The number of alkyl halides is 7. The minimum Gasteiger partial charge on any atom is -0.447 e. The lowest BCUT2D eigenvalue weighted by Gasteiger charge is -2.12. The van der Waals surface area contributed by atoms with Crippen molar-refractivity contribution >= 4 is 72.0 Å². The second-order valence-electron chi connectivity index (χ2n) is 20.9. The summed E-state index contributed by atoms with van der Waals surface area (Å²) in [7, 11) is -1.85. The van der Waals surface area contributed by atoms with Gasteiger partial charge in [-0.15, -0.1) is 0 Å². The van der Waals surface area contributed by atoms with Crippen LogP contribution in [-0.4, -0.2) is 93.0 Å². The molecular formula is C67H64F7N9O10S. The number of benzene rings is 6. The Morgan fingerprint density at radius 2 is 0.840 bits per heavy atom. The van der Waals surface area contributed by atoms with Gasteiger partial charge in [0.25, 0.3) is 0 Å². The van der Waals surface area contributed by atoms with Gasteiger partial charge in [0.15, 0.2) is 0 Å². The van der Waals surface area contributed by atoms with Gasteiger partial charge in [0, 0.05) is 78.2 Å². The van der Waals surface area contributed by atoms with Crippen molar-refractivity contribution in [3.8, 4) is 69.2 Å². The van der Waals surface area contributed by atoms with Crippen molar-refractivity contribution in [1.82, 2.24) is 13.7 Å². The topological polar surface area (TPSA) is 246 Å². The highest BCUT2D eigenvalue weighted by molar-refractivity contribution is 7.93. The van der Waals surface area contributed by atoms with Gasteiger partial charge in [-0.2, -0.15) is 42.1 Å². The molecule has 3 heterocycles. The number of amides is 2. The molecule has 1 fully saturated rings. The summed E-state index contributed by atoms with van der Waals surface area (Å²) in [5.41, 5.74) is 8.75. The van der Waals surface area contributed by atoms with Crippen molar-refractivity contribution in [3.63, 3.8) is 0 Å². The molecule has 2 amide bonds. The van der Waals surface area contributed by atoms with E-state index in [1.165, 1.54) is 43.5 Å². The van der Waals surface area contributed by atoms with Crippen molar-refractivity contribution in [3.05, 3.63) is 144 Å². The summed E-state index contributed by atoms with van der Waals surface area (Å²) in [5, 5.41) is 36.2. The average molecular weight is 1320 g/mol. The molecule has 0 aliphatic heterocycles. The highest BCUT2D eigenvalue weighted by Gasteiger charge is 2.36. The number of hydrogen-bond donors (Lipinski definition) is 3. The molecule has 6 aromatic carbocycles. The third-order valence-corrected chi connectivity index (χ3v) is 16.4. The fourth-order valence-electron chi connectivity index (χ4n) is 10.5. The van der Waals surface area contributed by atoms with Crippen molar-refractivity contribution in [1.29, 1.82) is 15.8 Å². The maximum atomic E-state index is 12.7. The zero-order valence-corrected chi connectivity index (χ0v) is 52.1. The van der Waals surface area contributed by atoms with Gasteiger partial charge in [-0.3, -0.25) is 15.4 Å². The van der Waals surface area contributed by atoms with Gasteiger partial charge < -0.3 is 42.1 Å². The number of halogens is 7. The van der Waals surface area contributed by atoms with Crippen LogP contribution in [0.2, 0.25) is 0 Å². The molecule has 1 aliphatic carbocycles. The van der Waals surface area contributed by atoms with Gasteiger partial charge in [0.05, 0.1) is 62.2 Å². The molecular weight excluding hydrogens is 1260 g/mol. The number of aromatic nitrogens is 3. The van der Waals surface area contributed by atoms with Crippen LogP contribution in [0.4, 0.5) is 57.4 Å².